The van der Waals surface area contributed by atoms with Crippen LogP contribution in [0.5, 0.6) is 0 Å². The zero-order chi connectivity index (χ0) is 10.3. The molecule has 0 atom stereocenters. The molecule has 0 saturated heterocycles. The first-order chi connectivity index (χ1) is 7.38. The summed E-state index contributed by atoms with van der Waals surface area (Å²) in [5.41, 5.74) is 5.16. The molecule has 0 saturated carbocycles. The van der Waals surface area contributed by atoms with Crippen LogP contribution in [0.25, 0.3) is 5.57 Å². The predicted octanol–water partition coefficient (Wildman–Crippen LogP) is 2.69. The van der Waals surface area contributed by atoms with Gasteiger partial charge in [-0.05, 0) is 11.6 Å². The number of hydrogen-bond acceptors (Lipinski definition) is 2. The molecule has 2 nitrogen and oxygen atoms in total. The Labute approximate surface area is 87.7 Å². The van der Waals surface area contributed by atoms with Gasteiger partial charge in [0, 0.05) is 17.6 Å². The van der Waals surface area contributed by atoms with Crippen molar-refractivity contribution in [3.05, 3.63) is 47.6 Å². The van der Waals surface area contributed by atoms with Crippen molar-refractivity contribution in [2.45, 2.75) is 6.42 Å². The van der Waals surface area contributed by atoms with Gasteiger partial charge in [0.1, 0.15) is 6.29 Å². The van der Waals surface area contributed by atoms with Crippen molar-refractivity contribution >= 4 is 23.3 Å². The summed E-state index contributed by atoms with van der Waals surface area (Å²) in [5.74, 6) is 0. The molecular formula is C13H9NO. The fourth-order valence-electron chi connectivity index (χ4n) is 2.00. The Balaban J connectivity index is 2.15. The Kier molecular flexibility index (Phi) is 1.68. The Hall–Kier alpha value is -1.96. The van der Waals surface area contributed by atoms with E-state index in [4.69, 9.17) is 0 Å². The number of benzene rings is 1. The summed E-state index contributed by atoms with van der Waals surface area (Å²) in [7, 11) is 0. The molecule has 1 aromatic carbocycles. The molecule has 0 aromatic heterocycles. The second-order valence-corrected chi connectivity index (χ2v) is 3.69. The highest BCUT2D eigenvalue weighted by atomic mass is 16.1. The molecule has 0 N–H and O–H groups in total. The van der Waals surface area contributed by atoms with E-state index in [0.29, 0.717) is 6.42 Å². The minimum Gasteiger partial charge on any atom is -0.298 e. The van der Waals surface area contributed by atoms with Crippen molar-refractivity contribution in [1.29, 1.82) is 0 Å². The van der Waals surface area contributed by atoms with Crippen molar-refractivity contribution < 1.29 is 4.79 Å². The summed E-state index contributed by atoms with van der Waals surface area (Å²) >= 11 is 0. The molecule has 0 amide bonds. The van der Waals surface area contributed by atoms with Crippen LogP contribution in [0.4, 0.5) is 5.69 Å². The van der Waals surface area contributed by atoms with Crippen molar-refractivity contribution in [2.24, 2.45) is 4.99 Å². The van der Waals surface area contributed by atoms with Crippen LogP contribution in [0.1, 0.15) is 12.0 Å². The Morgan fingerprint density at radius 2 is 2.07 bits per heavy atom. The second kappa shape index (κ2) is 3.02. The van der Waals surface area contributed by atoms with Crippen LogP contribution in [0.15, 0.2) is 47.0 Å². The number of hydrogen-bond donors (Lipinski definition) is 0. The van der Waals surface area contributed by atoms with E-state index >= 15 is 0 Å². The van der Waals surface area contributed by atoms with Gasteiger partial charge >= 0.3 is 0 Å². The van der Waals surface area contributed by atoms with E-state index in [-0.39, 0.29) is 0 Å². The molecule has 1 aromatic rings. The number of carbonyl (C=O) groups is 1. The van der Waals surface area contributed by atoms with Crippen molar-refractivity contribution in [3.63, 3.8) is 0 Å². The van der Waals surface area contributed by atoms with E-state index in [2.05, 4.69) is 11.1 Å². The average molecular weight is 195 g/mol. The summed E-state index contributed by atoms with van der Waals surface area (Å²) in [6, 6.07) is 8.06. The molecule has 15 heavy (non-hydrogen) atoms. The zero-order valence-corrected chi connectivity index (χ0v) is 8.10. The molecule has 2 heteroatoms. The Bertz CT molecular complexity index is 535. The maximum atomic E-state index is 10.7. The number of aldehydes is 1. The van der Waals surface area contributed by atoms with E-state index < -0.39 is 0 Å². The number of aliphatic imine (C=N–C) groups is 1. The summed E-state index contributed by atoms with van der Waals surface area (Å²) in [4.78, 5) is 15.2. The largest absolute Gasteiger partial charge is 0.298 e. The lowest BCUT2D eigenvalue weighted by Crippen LogP contribution is -2.04. The number of fused-ring (bicyclic) bond motifs is 3. The zero-order valence-electron chi connectivity index (χ0n) is 8.10. The number of para-hydroxylation sites is 1. The molecule has 0 radical (unpaired) electrons. The minimum atomic E-state index is 0.657. The highest BCUT2D eigenvalue weighted by molar-refractivity contribution is 6.31. The van der Waals surface area contributed by atoms with Gasteiger partial charge in [-0.2, -0.15) is 0 Å². The normalized spacial score (nSPS) is 17.2. The lowest BCUT2D eigenvalue weighted by Gasteiger charge is -2.08. The van der Waals surface area contributed by atoms with Crippen molar-refractivity contribution in [3.8, 4) is 0 Å². The maximum absolute atomic E-state index is 10.7. The number of rotatable bonds is 1. The lowest BCUT2D eigenvalue weighted by molar-refractivity contribution is -0.104. The van der Waals surface area contributed by atoms with E-state index in [0.717, 1.165) is 28.8 Å². The molecule has 0 unspecified atom stereocenters. The fraction of sp³-hybridized carbons (Fsp3) is 0.0769. The van der Waals surface area contributed by atoms with Crippen molar-refractivity contribution in [1.82, 2.24) is 0 Å². The van der Waals surface area contributed by atoms with Gasteiger partial charge in [0.25, 0.3) is 0 Å². The third kappa shape index (κ3) is 1.18. The lowest BCUT2D eigenvalue weighted by atomic mass is 9.94. The number of allylic oxidation sites excluding steroid dienone is 4. The second-order valence-electron chi connectivity index (χ2n) is 3.69. The van der Waals surface area contributed by atoms with Crippen molar-refractivity contribution in [2.75, 3.05) is 0 Å². The number of carbonyl (C=O) groups excluding carboxylic acids is 1. The van der Waals surface area contributed by atoms with Gasteiger partial charge in [-0.25, -0.2) is 0 Å². The fourth-order valence-corrected chi connectivity index (χ4v) is 2.00. The quantitative estimate of drug-likeness (QED) is 0.633. The third-order valence-corrected chi connectivity index (χ3v) is 2.75. The van der Waals surface area contributed by atoms with E-state index in [9.17, 15) is 4.79 Å². The van der Waals surface area contributed by atoms with Gasteiger partial charge in [-0.1, -0.05) is 30.4 Å². The predicted molar refractivity (Wildman–Crippen MR) is 60.3 cm³/mol. The first-order valence-electron chi connectivity index (χ1n) is 4.92. The molecule has 0 spiro atoms. The molecule has 0 bridgehead atoms. The molecule has 3 rings (SSSR count). The molecule has 1 heterocycles. The van der Waals surface area contributed by atoms with E-state index in [1.165, 1.54) is 5.56 Å². The molecule has 72 valence electrons. The molecule has 1 aliphatic heterocycles. The first-order valence-corrected chi connectivity index (χ1v) is 4.92. The molecular weight excluding hydrogens is 186 g/mol. The first kappa shape index (κ1) is 8.36. The Morgan fingerprint density at radius 1 is 1.20 bits per heavy atom. The minimum absolute atomic E-state index is 0.657. The number of nitrogens with zero attached hydrogens (tertiary/aromatic N) is 1. The summed E-state index contributed by atoms with van der Waals surface area (Å²) < 4.78 is 0. The van der Waals surface area contributed by atoms with Gasteiger partial charge < -0.3 is 0 Å². The van der Waals surface area contributed by atoms with Gasteiger partial charge in [0.05, 0.1) is 11.4 Å². The topological polar surface area (TPSA) is 29.4 Å². The molecule has 0 fully saturated rings. The van der Waals surface area contributed by atoms with Gasteiger partial charge in [-0.15, -0.1) is 0 Å². The van der Waals surface area contributed by atoms with Crippen LogP contribution >= 0.6 is 0 Å². The van der Waals surface area contributed by atoms with Gasteiger partial charge in [0.15, 0.2) is 0 Å². The van der Waals surface area contributed by atoms with E-state index in [1.807, 2.05) is 30.4 Å². The SMILES string of the molecule is O=CC1=CC=C2C(=Nc3ccccc32)C1. The van der Waals surface area contributed by atoms with Crippen LogP contribution in [-0.4, -0.2) is 12.0 Å². The highest BCUT2D eigenvalue weighted by Gasteiger charge is 2.22. The third-order valence-electron chi connectivity index (χ3n) is 2.75. The molecule has 2 aliphatic rings. The summed E-state index contributed by atoms with van der Waals surface area (Å²) in [6.07, 6.45) is 5.42. The van der Waals surface area contributed by atoms with E-state index in [1.54, 1.807) is 0 Å². The Morgan fingerprint density at radius 3 is 2.93 bits per heavy atom. The van der Waals surface area contributed by atoms with Crippen LogP contribution in [0, 0.1) is 0 Å². The molecule has 1 aliphatic carbocycles. The van der Waals surface area contributed by atoms with Crippen LogP contribution < -0.4 is 0 Å². The standard InChI is InChI=1S/C13H9NO/c15-8-9-5-6-11-10-3-1-2-4-12(10)14-13(11)7-9/h1-6,8H,7H2. The van der Waals surface area contributed by atoms with Crippen LogP contribution in [0.2, 0.25) is 0 Å². The monoisotopic (exact) mass is 195 g/mol. The summed E-state index contributed by atoms with van der Waals surface area (Å²) in [6.45, 7) is 0. The van der Waals surface area contributed by atoms with Gasteiger partial charge in [-0.3, -0.25) is 9.79 Å². The highest BCUT2D eigenvalue weighted by Crippen LogP contribution is 2.37. The van der Waals surface area contributed by atoms with Gasteiger partial charge in [0.2, 0.25) is 0 Å². The van der Waals surface area contributed by atoms with Crippen LogP contribution in [-0.2, 0) is 4.79 Å². The maximum Gasteiger partial charge on any atom is 0.146 e. The summed E-state index contributed by atoms with van der Waals surface area (Å²) in [5, 5.41) is 0. The smallest absolute Gasteiger partial charge is 0.146 e. The average Bonchev–Trinajstić information content (AvgIpc) is 2.66. The van der Waals surface area contributed by atoms with Crippen LogP contribution in [0.3, 0.4) is 0 Å².